The summed E-state index contributed by atoms with van der Waals surface area (Å²) in [4.78, 5) is 39.1. The molecule has 188 valence electrons. The van der Waals surface area contributed by atoms with E-state index in [1.54, 1.807) is 68.6 Å². The number of esters is 1. The monoisotopic (exact) mass is 489 g/mol. The van der Waals surface area contributed by atoms with Gasteiger partial charge in [-0.15, -0.1) is 0 Å². The predicted molar refractivity (Wildman–Crippen MR) is 138 cm³/mol. The number of ketones is 1. The number of nitrogens with zero attached hydrogens (tertiary/aromatic N) is 1. The maximum Gasteiger partial charge on any atom is 0.346 e. The Morgan fingerprint density at radius 2 is 1.78 bits per heavy atom. The van der Waals surface area contributed by atoms with Crippen LogP contribution in [0.2, 0.25) is 0 Å². The van der Waals surface area contributed by atoms with E-state index in [0.29, 0.717) is 34.0 Å². The molecule has 6 N–H and O–H groups in total. The van der Waals surface area contributed by atoms with Gasteiger partial charge >= 0.3 is 5.97 Å². The first kappa shape index (κ1) is 26.5. The quantitative estimate of drug-likeness (QED) is 0.147. The largest absolute Gasteiger partial charge is 0.463 e. The first-order chi connectivity index (χ1) is 17.1. The summed E-state index contributed by atoms with van der Waals surface area (Å²) in [7, 11) is 1.59. The summed E-state index contributed by atoms with van der Waals surface area (Å²) in [6, 6.07) is 17.5. The molecule has 1 amide bonds. The first-order valence-corrected chi connectivity index (χ1v) is 11.5. The van der Waals surface area contributed by atoms with Gasteiger partial charge < -0.3 is 15.8 Å². The summed E-state index contributed by atoms with van der Waals surface area (Å²) >= 11 is 0. The van der Waals surface area contributed by atoms with Gasteiger partial charge in [0, 0.05) is 17.7 Å². The second-order valence-corrected chi connectivity index (χ2v) is 8.58. The number of likely N-dealkylation sites (N-methyl/N-ethyl adjacent to an activating group) is 1. The molecule has 3 rings (SSSR count). The van der Waals surface area contributed by atoms with Crippen molar-refractivity contribution in [3.05, 3.63) is 82.9 Å². The zero-order valence-electron chi connectivity index (χ0n) is 20.6. The molecule has 3 aromatic rings. The Hall–Kier alpha value is -4.08. The molecule has 0 radical (unpaired) electrons. The van der Waals surface area contributed by atoms with E-state index in [1.807, 2.05) is 6.07 Å². The molecule has 0 heterocycles. The van der Waals surface area contributed by atoms with Crippen LogP contribution in [-0.4, -0.2) is 48.6 Å². The Morgan fingerprint density at radius 1 is 1.08 bits per heavy atom. The number of nitrogen functional groups attached to an aromatic ring is 1. The highest BCUT2D eigenvalue weighted by atomic mass is 16.5. The Kier molecular flexibility index (Phi) is 8.18. The maximum atomic E-state index is 13.0. The zero-order chi connectivity index (χ0) is 26.5. The van der Waals surface area contributed by atoms with Crippen molar-refractivity contribution in [3.63, 3.8) is 0 Å². The lowest BCUT2D eigenvalue weighted by atomic mass is 9.93. The third-order valence-corrected chi connectivity index (χ3v) is 5.93. The lowest BCUT2D eigenvalue weighted by Gasteiger charge is -2.36. The Labute approximate surface area is 209 Å². The molecule has 3 aromatic carbocycles. The van der Waals surface area contributed by atoms with Crippen LogP contribution < -0.4 is 16.8 Å². The maximum absolute atomic E-state index is 13.0. The molecule has 36 heavy (non-hydrogen) atoms. The number of nitrogens with two attached hydrogens (primary N) is 2. The number of benzene rings is 3. The lowest BCUT2D eigenvalue weighted by molar-refractivity contribution is -0.158. The fourth-order valence-corrected chi connectivity index (χ4v) is 3.99. The van der Waals surface area contributed by atoms with Crippen LogP contribution in [0.1, 0.15) is 40.9 Å². The van der Waals surface area contributed by atoms with Crippen LogP contribution in [0.15, 0.2) is 60.7 Å². The van der Waals surface area contributed by atoms with Crippen LogP contribution >= 0.6 is 0 Å². The highest BCUT2D eigenvalue weighted by Crippen LogP contribution is 2.29. The SMILES string of the molecule is CCOC(=O)C(N)(c1ccc2c(C(=O)NCc3ccc(C(=N)N)cc3)cccc2c1)N(C)CC(C)=O. The number of Topliss-reactive ketones (excluding diaryl/α,β-unsaturated/α-hetero) is 1. The standard InChI is InChI=1S/C27H31N5O4/c1-4-36-26(35)27(30,32(3)16-17(2)33)21-12-13-22-20(14-21)6-5-7-23(22)25(34)31-15-18-8-10-19(11-9-18)24(28)29/h5-14H,4,15-16,30H2,1-3H3,(H3,28,29)(H,31,34). The third kappa shape index (κ3) is 5.59. The fourth-order valence-electron chi connectivity index (χ4n) is 3.99. The molecule has 0 aliphatic rings. The Bertz CT molecular complexity index is 1310. The normalized spacial score (nSPS) is 12.7. The minimum Gasteiger partial charge on any atom is -0.463 e. The van der Waals surface area contributed by atoms with Gasteiger partial charge in [-0.1, -0.05) is 48.5 Å². The van der Waals surface area contributed by atoms with Crippen molar-refractivity contribution in [2.24, 2.45) is 11.5 Å². The van der Waals surface area contributed by atoms with E-state index in [2.05, 4.69) is 5.32 Å². The zero-order valence-corrected chi connectivity index (χ0v) is 20.6. The number of amidine groups is 1. The van der Waals surface area contributed by atoms with E-state index in [4.69, 9.17) is 21.6 Å². The molecule has 0 aliphatic heterocycles. The summed E-state index contributed by atoms with van der Waals surface area (Å²) in [6.45, 7) is 3.51. The van der Waals surface area contributed by atoms with Gasteiger partial charge in [0.2, 0.25) is 0 Å². The van der Waals surface area contributed by atoms with Crippen molar-refractivity contribution in [1.29, 1.82) is 5.41 Å². The van der Waals surface area contributed by atoms with E-state index >= 15 is 0 Å². The minimum atomic E-state index is -1.68. The molecule has 9 heteroatoms. The Balaban J connectivity index is 1.90. The van der Waals surface area contributed by atoms with E-state index in [9.17, 15) is 14.4 Å². The molecule has 9 nitrogen and oxygen atoms in total. The molecular weight excluding hydrogens is 458 g/mol. The van der Waals surface area contributed by atoms with Crippen molar-refractivity contribution in [3.8, 4) is 0 Å². The lowest BCUT2D eigenvalue weighted by Crippen LogP contribution is -2.59. The van der Waals surface area contributed by atoms with Gasteiger partial charge in [-0.05, 0) is 54.9 Å². The first-order valence-electron chi connectivity index (χ1n) is 11.5. The van der Waals surface area contributed by atoms with E-state index in [1.165, 1.54) is 11.8 Å². The van der Waals surface area contributed by atoms with E-state index < -0.39 is 11.6 Å². The van der Waals surface area contributed by atoms with Gasteiger partial charge in [0.1, 0.15) is 11.6 Å². The van der Waals surface area contributed by atoms with Crippen LogP contribution in [0, 0.1) is 5.41 Å². The van der Waals surface area contributed by atoms with Crippen molar-refractivity contribution < 1.29 is 19.1 Å². The highest BCUT2D eigenvalue weighted by Gasteiger charge is 2.42. The van der Waals surface area contributed by atoms with Crippen molar-refractivity contribution in [1.82, 2.24) is 10.2 Å². The average Bonchev–Trinajstić information content (AvgIpc) is 2.85. The summed E-state index contributed by atoms with van der Waals surface area (Å²) in [6.07, 6.45) is 0. The van der Waals surface area contributed by atoms with Gasteiger partial charge in [0.25, 0.3) is 5.91 Å². The van der Waals surface area contributed by atoms with Crippen molar-refractivity contribution in [2.45, 2.75) is 26.1 Å². The number of fused-ring (bicyclic) bond motifs is 1. The molecule has 0 spiro atoms. The molecule has 0 saturated heterocycles. The average molecular weight is 490 g/mol. The summed E-state index contributed by atoms with van der Waals surface area (Å²) in [5.41, 5.74) is 12.8. The van der Waals surface area contributed by atoms with Gasteiger partial charge in [-0.25, -0.2) is 4.79 Å². The number of nitrogens with one attached hydrogen (secondary N) is 2. The second-order valence-electron chi connectivity index (χ2n) is 8.58. The topological polar surface area (TPSA) is 152 Å². The van der Waals surface area contributed by atoms with Gasteiger partial charge in [0.05, 0.1) is 13.2 Å². The van der Waals surface area contributed by atoms with Gasteiger partial charge in [0.15, 0.2) is 5.66 Å². The summed E-state index contributed by atoms with van der Waals surface area (Å²) < 4.78 is 5.23. The Morgan fingerprint density at radius 3 is 2.39 bits per heavy atom. The number of ether oxygens (including phenoxy) is 1. The number of rotatable bonds is 10. The van der Waals surface area contributed by atoms with Gasteiger partial charge in [-0.2, -0.15) is 0 Å². The number of carbonyl (C=O) groups is 3. The van der Waals surface area contributed by atoms with Crippen LogP contribution in [-0.2, 0) is 26.5 Å². The molecule has 0 aliphatic carbocycles. The van der Waals surface area contributed by atoms with Crippen LogP contribution in [0.4, 0.5) is 0 Å². The highest BCUT2D eigenvalue weighted by molar-refractivity contribution is 6.07. The molecule has 0 aromatic heterocycles. The minimum absolute atomic E-state index is 0.0161. The predicted octanol–water partition coefficient (Wildman–Crippen LogP) is 2.25. The molecular formula is C27H31N5O4. The van der Waals surface area contributed by atoms with Gasteiger partial charge in [-0.3, -0.25) is 25.6 Å². The van der Waals surface area contributed by atoms with Crippen molar-refractivity contribution >= 4 is 34.3 Å². The molecule has 1 atom stereocenters. The number of hydrogen-bond acceptors (Lipinski definition) is 7. The number of amides is 1. The van der Waals surface area contributed by atoms with Crippen LogP contribution in [0.5, 0.6) is 0 Å². The molecule has 0 bridgehead atoms. The van der Waals surface area contributed by atoms with E-state index in [0.717, 1.165) is 5.56 Å². The molecule has 0 saturated carbocycles. The van der Waals surface area contributed by atoms with Crippen molar-refractivity contribution in [2.75, 3.05) is 20.2 Å². The summed E-state index contributed by atoms with van der Waals surface area (Å²) in [5, 5.41) is 11.8. The van der Waals surface area contributed by atoms with Crippen LogP contribution in [0.25, 0.3) is 10.8 Å². The fraction of sp³-hybridized carbons (Fsp3) is 0.259. The second kappa shape index (κ2) is 11.1. The van der Waals surface area contributed by atoms with Crippen LogP contribution in [0.3, 0.4) is 0 Å². The number of carbonyl (C=O) groups excluding carboxylic acids is 3. The molecule has 0 fully saturated rings. The number of hydrogen-bond donors (Lipinski definition) is 4. The smallest absolute Gasteiger partial charge is 0.346 e. The summed E-state index contributed by atoms with van der Waals surface area (Å²) in [5.74, 6) is -1.09. The third-order valence-electron chi connectivity index (χ3n) is 5.93. The molecule has 1 unspecified atom stereocenters. The van der Waals surface area contributed by atoms with E-state index in [-0.39, 0.29) is 30.7 Å².